The van der Waals surface area contributed by atoms with Gasteiger partial charge in [-0.2, -0.15) is 0 Å². The van der Waals surface area contributed by atoms with Crippen LogP contribution in [-0.2, 0) is 16.1 Å². The third kappa shape index (κ3) is 5.64. The summed E-state index contributed by atoms with van der Waals surface area (Å²) in [5.74, 6) is 11.3. The molecule has 0 aliphatic heterocycles. The molecule has 0 spiro atoms. The predicted octanol–water partition coefficient (Wildman–Crippen LogP) is 1.65. The van der Waals surface area contributed by atoms with Crippen molar-refractivity contribution in [3.05, 3.63) is 71.4 Å². The fraction of sp³-hybridized carbons (Fsp3) is 0.273. The molecule has 0 saturated heterocycles. The first kappa shape index (κ1) is 21.5. The number of hydrogen-bond acceptors (Lipinski definition) is 5. The minimum atomic E-state index is -0.311. The van der Waals surface area contributed by atoms with Crippen LogP contribution in [-0.4, -0.2) is 59.0 Å². The molecule has 2 N–H and O–H groups in total. The van der Waals surface area contributed by atoms with Crippen LogP contribution in [0.15, 0.2) is 48.7 Å². The molecule has 1 amide bonds. The fourth-order valence-electron chi connectivity index (χ4n) is 2.69. The zero-order valence-electron chi connectivity index (χ0n) is 17.0. The summed E-state index contributed by atoms with van der Waals surface area (Å²) in [5.41, 5.74) is 2.67. The highest BCUT2D eigenvalue weighted by atomic mass is 19.1. The van der Waals surface area contributed by atoms with Crippen LogP contribution in [0, 0.1) is 17.7 Å². The summed E-state index contributed by atoms with van der Waals surface area (Å²) in [6, 6.07) is 11.6. The number of benzene rings is 1. The maximum Gasteiger partial charge on any atom is 0.262 e. The fourth-order valence-corrected chi connectivity index (χ4v) is 2.69. The molecule has 2 aromatic heterocycles. The van der Waals surface area contributed by atoms with Gasteiger partial charge in [-0.05, 0) is 56.4 Å². The monoisotopic (exact) mass is 409 g/mol. The van der Waals surface area contributed by atoms with Gasteiger partial charge in [-0.3, -0.25) is 14.2 Å². The van der Waals surface area contributed by atoms with Gasteiger partial charge in [0.1, 0.15) is 29.5 Å². The van der Waals surface area contributed by atoms with Crippen LogP contribution in [0.1, 0.15) is 17.0 Å². The Morgan fingerprint density at radius 3 is 2.67 bits per heavy atom. The van der Waals surface area contributed by atoms with E-state index in [4.69, 9.17) is 10.6 Å². The SMILES string of the molecule is CN(C)CCN(N)C(=O)COCc1nc2ccccn2c1C#Cc1ccc(F)cc1. The van der Waals surface area contributed by atoms with E-state index in [0.717, 1.165) is 10.7 Å². The van der Waals surface area contributed by atoms with E-state index < -0.39 is 0 Å². The van der Waals surface area contributed by atoms with E-state index in [-0.39, 0.29) is 24.9 Å². The smallest absolute Gasteiger partial charge is 0.262 e. The molecule has 30 heavy (non-hydrogen) atoms. The van der Waals surface area contributed by atoms with Crippen LogP contribution in [0.25, 0.3) is 5.65 Å². The second-order valence-corrected chi connectivity index (χ2v) is 6.98. The molecule has 3 rings (SSSR count). The Labute approximate surface area is 174 Å². The molecule has 8 heteroatoms. The molecule has 0 fully saturated rings. The van der Waals surface area contributed by atoms with E-state index in [2.05, 4.69) is 16.8 Å². The van der Waals surface area contributed by atoms with Crippen LogP contribution in [0.5, 0.6) is 0 Å². The number of carbonyl (C=O) groups excluding carboxylic acids is 1. The maximum atomic E-state index is 13.1. The van der Waals surface area contributed by atoms with Gasteiger partial charge in [0.05, 0.1) is 6.61 Å². The zero-order valence-corrected chi connectivity index (χ0v) is 17.0. The second-order valence-electron chi connectivity index (χ2n) is 6.98. The lowest BCUT2D eigenvalue weighted by Crippen LogP contribution is -2.43. The average Bonchev–Trinajstić information content (AvgIpc) is 3.08. The van der Waals surface area contributed by atoms with E-state index in [9.17, 15) is 9.18 Å². The highest BCUT2D eigenvalue weighted by Crippen LogP contribution is 2.13. The topological polar surface area (TPSA) is 76.1 Å². The number of amides is 1. The second kappa shape index (κ2) is 9.98. The Hall–Kier alpha value is -3.25. The first-order valence-electron chi connectivity index (χ1n) is 9.45. The van der Waals surface area contributed by atoms with Gasteiger partial charge < -0.3 is 9.64 Å². The third-order valence-electron chi connectivity index (χ3n) is 4.34. The number of rotatable bonds is 7. The zero-order chi connectivity index (χ0) is 21.5. The summed E-state index contributed by atoms with van der Waals surface area (Å²) in [4.78, 5) is 18.6. The molecule has 156 valence electrons. The standard InChI is InChI=1S/C22H24FN5O2/c1-26(2)13-14-28(24)22(29)16-30-15-19-20(27-12-4-3-5-21(27)25-19)11-8-17-6-9-18(23)10-7-17/h3-7,9-10,12H,13-16,24H2,1-2H3. The number of nitrogens with zero attached hydrogens (tertiary/aromatic N) is 4. The summed E-state index contributed by atoms with van der Waals surface area (Å²) in [5, 5.41) is 1.15. The molecule has 0 atom stereocenters. The Morgan fingerprint density at radius 1 is 1.17 bits per heavy atom. The quantitative estimate of drug-likeness (QED) is 0.278. The number of fused-ring (bicyclic) bond motifs is 1. The third-order valence-corrected chi connectivity index (χ3v) is 4.34. The maximum absolute atomic E-state index is 13.1. The minimum Gasteiger partial charge on any atom is -0.365 e. The molecule has 7 nitrogen and oxygen atoms in total. The largest absolute Gasteiger partial charge is 0.365 e. The summed E-state index contributed by atoms with van der Waals surface area (Å²) in [6.07, 6.45) is 1.86. The van der Waals surface area contributed by atoms with Crippen LogP contribution in [0.2, 0.25) is 0 Å². The molecular formula is C22H24FN5O2. The van der Waals surface area contributed by atoms with Crippen LogP contribution < -0.4 is 5.84 Å². The highest BCUT2D eigenvalue weighted by Gasteiger charge is 2.13. The number of ether oxygens (including phenoxy) is 1. The molecule has 3 aromatic rings. The summed E-state index contributed by atoms with van der Waals surface area (Å²) >= 11 is 0. The van der Waals surface area contributed by atoms with Crippen molar-refractivity contribution < 1.29 is 13.9 Å². The highest BCUT2D eigenvalue weighted by molar-refractivity contribution is 5.76. The number of imidazole rings is 1. The van der Waals surface area contributed by atoms with Gasteiger partial charge >= 0.3 is 0 Å². The van der Waals surface area contributed by atoms with Gasteiger partial charge in [-0.1, -0.05) is 12.0 Å². The molecule has 2 heterocycles. The Kier molecular flexibility index (Phi) is 7.14. The summed E-state index contributed by atoms with van der Waals surface area (Å²) < 4.78 is 20.5. The van der Waals surface area contributed by atoms with Gasteiger partial charge in [0, 0.05) is 24.8 Å². The van der Waals surface area contributed by atoms with Crippen molar-refractivity contribution >= 4 is 11.6 Å². The molecule has 0 bridgehead atoms. The van der Waals surface area contributed by atoms with Crippen molar-refractivity contribution in [2.24, 2.45) is 5.84 Å². The number of aromatic nitrogens is 2. The number of pyridine rings is 1. The summed E-state index contributed by atoms with van der Waals surface area (Å²) in [7, 11) is 3.82. The molecule has 0 unspecified atom stereocenters. The lowest BCUT2D eigenvalue weighted by atomic mass is 10.2. The predicted molar refractivity (Wildman–Crippen MR) is 112 cm³/mol. The number of likely N-dealkylation sites (N-methyl/N-ethyl adjacent to an activating group) is 1. The molecule has 0 radical (unpaired) electrons. The van der Waals surface area contributed by atoms with E-state index in [1.807, 2.05) is 47.8 Å². The first-order valence-corrected chi connectivity index (χ1v) is 9.45. The first-order chi connectivity index (χ1) is 14.4. The van der Waals surface area contributed by atoms with Gasteiger partial charge in [0.2, 0.25) is 0 Å². The lowest BCUT2D eigenvalue weighted by Gasteiger charge is -2.18. The Morgan fingerprint density at radius 2 is 1.93 bits per heavy atom. The van der Waals surface area contributed by atoms with E-state index in [1.165, 1.54) is 12.1 Å². The Bertz CT molecular complexity index is 1070. The van der Waals surface area contributed by atoms with Crippen LogP contribution in [0.3, 0.4) is 0 Å². The lowest BCUT2D eigenvalue weighted by molar-refractivity contribution is -0.137. The van der Waals surface area contributed by atoms with Gasteiger partial charge in [0.15, 0.2) is 0 Å². The number of halogens is 1. The molecule has 0 aliphatic rings. The van der Waals surface area contributed by atoms with Crippen molar-refractivity contribution in [3.63, 3.8) is 0 Å². The van der Waals surface area contributed by atoms with Crippen LogP contribution >= 0.6 is 0 Å². The van der Waals surface area contributed by atoms with Crippen molar-refractivity contribution in [1.29, 1.82) is 0 Å². The van der Waals surface area contributed by atoms with E-state index in [1.54, 1.807) is 12.1 Å². The molecular weight excluding hydrogens is 385 g/mol. The van der Waals surface area contributed by atoms with Gasteiger partial charge in [-0.25, -0.2) is 15.2 Å². The molecule has 1 aromatic carbocycles. The van der Waals surface area contributed by atoms with E-state index >= 15 is 0 Å². The average molecular weight is 409 g/mol. The molecule has 0 aliphatic carbocycles. The summed E-state index contributed by atoms with van der Waals surface area (Å²) in [6.45, 7) is 1.04. The number of hydrogen-bond donors (Lipinski definition) is 1. The number of hydrazine groups is 1. The van der Waals surface area contributed by atoms with E-state index in [0.29, 0.717) is 30.0 Å². The minimum absolute atomic E-state index is 0.113. The van der Waals surface area contributed by atoms with Gasteiger partial charge in [-0.15, -0.1) is 0 Å². The Balaban J connectivity index is 1.72. The normalized spacial score (nSPS) is 10.8. The molecule has 0 saturated carbocycles. The van der Waals surface area contributed by atoms with Gasteiger partial charge in [0.25, 0.3) is 5.91 Å². The van der Waals surface area contributed by atoms with Crippen molar-refractivity contribution in [2.45, 2.75) is 6.61 Å². The van der Waals surface area contributed by atoms with Crippen molar-refractivity contribution in [1.82, 2.24) is 19.3 Å². The number of nitrogens with two attached hydrogens (primary N) is 1. The van der Waals surface area contributed by atoms with Crippen molar-refractivity contribution in [3.8, 4) is 11.8 Å². The van der Waals surface area contributed by atoms with Crippen molar-refractivity contribution in [2.75, 3.05) is 33.8 Å². The number of carbonyl (C=O) groups is 1. The van der Waals surface area contributed by atoms with Crippen LogP contribution in [0.4, 0.5) is 4.39 Å².